The second-order valence-corrected chi connectivity index (χ2v) is 13.4. The second-order valence-electron chi connectivity index (χ2n) is 13.4. The fraction of sp³-hybridized carbons (Fsp3) is 0.742. The summed E-state index contributed by atoms with van der Waals surface area (Å²) in [5, 5.41) is 40.0. The third-order valence-corrected chi connectivity index (χ3v) is 11.2. The molecule has 9 heteroatoms. The van der Waals surface area contributed by atoms with Crippen LogP contribution in [0.15, 0.2) is 23.5 Å². The topological polar surface area (TPSA) is 153 Å². The van der Waals surface area contributed by atoms with Gasteiger partial charge in [-0.05, 0) is 87.0 Å². The number of aliphatic hydroxyl groups excluding tert-OH is 2. The molecule has 8 atom stereocenters. The molecule has 0 unspecified atom stereocenters. The van der Waals surface area contributed by atoms with E-state index < -0.39 is 40.6 Å². The van der Waals surface area contributed by atoms with Crippen LogP contribution < -0.4 is 10.6 Å². The Morgan fingerprint density at radius 1 is 1.10 bits per heavy atom. The van der Waals surface area contributed by atoms with Crippen LogP contribution in [0.25, 0.3) is 0 Å². The first-order valence-corrected chi connectivity index (χ1v) is 15.0. The standard InChI is InChI=1S/C31H44N2O7/c1-29-12-10-20(35)15-18(29)6-8-21-22-11-13-31(40,30(22,2)17-24(36)27(21)29)25(37)16-19(34)7-9-26(38)33-23-5-3-4-14-32-28(23)39/h15-16,21-24,27,36-37,40H,3-14,17H2,1-2H3,(H,32,39)(H,33,38)/b25-16+/t21-,22+,23+,24+,27-,29-,30-,31-/m0/s1. The van der Waals surface area contributed by atoms with Gasteiger partial charge in [-0.15, -0.1) is 0 Å². The molecule has 1 heterocycles. The number of carbonyl (C=O) groups is 4. The highest BCUT2D eigenvalue weighted by Gasteiger charge is 2.67. The SMILES string of the molecule is C[C@]12CCC(=O)C=C1CC[C@@H]1[C@H]2[C@H](O)C[C@@]2(C)[C@@H]1CC[C@]2(O)/C(O)=C\C(=O)CCC(=O)N[C@@H]1CCCCNC1=O. The van der Waals surface area contributed by atoms with E-state index in [0.29, 0.717) is 32.2 Å². The van der Waals surface area contributed by atoms with Gasteiger partial charge in [0.2, 0.25) is 11.8 Å². The molecule has 9 nitrogen and oxygen atoms in total. The molecule has 5 N–H and O–H groups in total. The van der Waals surface area contributed by atoms with Gasteiger partial charge in [-0.25, -0.2) is 0 Å². The Balaban J connectivity index is 1.26. The molecule has 5 aliphatic rings. The third-order valence-electron chi connectivity index (χ3n) is 11.2. The minimum absolute atomic E-state index is 0.0113. The van der Waals surface area contributed by atoms with Crippen LogP contribution in [0, 0.1) is 28.6 Å². The van der Waals surface area contributed by atoms with Crippen molar-refractivity contribution in [1.29, 1.82) is 0 Å². The lowest BCUT2D eigenvalue weighted by Crippen LogP contribution is -2.60. The van der Waals surface area contributed by atoms with Crippen LogP contribution in [0.5, 0.6) is 0 Å². The molecule has 40 heavy (non-hydrogen) atoms. The Kier molecular flexibility index (Phi) is 7.76. The summed E-state index contributed by atoms with van der Waals surface area (Å²) in [5.41, 5.74) is -1.58. The molecule has 4 fully saturated rings. The largest absolute Gasteiger partial charge is 0.509 e. The van der Waals surface area contributed by atoms with E-state index in [2.05, 4.69) is 17.6 Å². The van der Waals surface area contributed by atoms with Gasteiger partial charge in [-0.1, -0.05) is 19.4 Å². The highest BCUT2D eigenvalue weighted by molar-refractivity contribution is 5.94. The number of nitrogens with one attached hydrogen (secondary N) is 2. The van der Waals surface area contributed by atoms with Gasteiger partial charge in [-0.2, -0.15) is 0 Å². The van der Waals surface area contributed by atoms with E-state index in [0.717, 1.165) is 43.8 Å². The highest BCUT2D eigenvalue weighted by atomic mass is 16.3. The third kappa shape index (κ3) is 4.83. The number of amides is 2. The van der Waals surface area contributed by atoms with Crippen LogP contribution in [0.4, 0.5) is 0 Å². The molecule has 2 amide bonds. The van der Waals surface area contributed by atoms with Crippen molar-refractivity contribution in [1.82, 2.24) is 10.6 Å². The number of hydrogen-bond acceptors (Lipinski definition) is 7. The predicted molar refractivity (Wildman–Crippen MR) is 147 cm³/mol. The lowest BCUT2D eigenvalue weighted by molar-refractivity contribution is -0.168. The molecule has 0 radical (unpaired) electrons. The van der Waals surface area contributed by atoms with Crippen molar-refractivity contribution in [3.8, 4) is 0 Å². The van der Waals surface area contributed by atoms with Crippen molar-refractivity contribution >= 4 is 23.4 Å². The zero-order valence-electron chi connectivity index (χ0n) is 23.7. The van der Waals surface area contributed by atoms with Crippen molar-refractivity contribution in [2.24, 2.45) is 28.6 Å². The van der Waals surface area contributed by atoms with Crippen LogP contribution in [0.2, 0.25) is 0 Å². The lowest BCUT2D eigenvalue weighted by atomic mass is 9.45. The summed E-state index contributed by atoms with van der Waals surface area (Å²) in [4.78, 5) is 49.4. The van der Waals surface area contributed by atoms with Gasteiger partial charge < -0.3 is 26.0 Å². The average molecular weight is 557 g/mol. The summed E-state index contributed by atoms with van der Waals surface area (Å²) in [5.74, 6) is -1.14. The molecule has 220 valence electrons. The summed E-state index contributed by atoms with van der Waals surface area (Å²) in [6.07, 6.45) is 8.19. The number of rotatable bonds is 6. The van der Waals surface area contributed by atoms with Crippen LogP contribution in [-0.2, 0) is 19.2 Å². The van der Waals surface area contributed by atoms with E-state index in [4.69, 9.17) is 0 Å². The van der Waals surface area contributed by atoms with Gasteiger partial charge in [0.15, 0.2) is 11.6 Å². The smallest absolute Gasteiger partial charge is 0.242 e. The molecular weight excluding hydrogens is 512 g/mol. The van der Waals surface area contributed by atoms with Crippen LogP contribution in [-0.4, -0.2) is 63.0 Å². The number of fused-ring (bicyclic) bond motifs is 5. The Hall–Kier alpha value is -2.52. The summed E-state index contributed by atoms with van der Waals surface area (Å²) in [6, 6.07) is -0.602. The highest BCUT2D eigenvalue weighted by Crippen LogP contribution is 2.68. The van der Waals surface area contributed by atoms with E-state index in [1.54, 1.807) is 6.08 Å². The normalized spacial score (nSPS) is 41.5. The maximum Gasteiger partial charge on any atom is 0.242 e. The Morgan fingerprint density at radius 3 is 2.65 bits per heavy atom. The van der Waals surface area contributed by atoms with Crippen molar-refractivity contribution in [3.05, 3.63) is 23.5 Å². The minimum Gasteiger partial charge on any atom is -0.509 e. The number of hydrogen-bond donors (Lipinski definition) is 5. The first-order valence-electron chi connectivity index (χ1n) is 15.0. The number of ketones is 2. The molecule has 4 aliphatic carbocycles. The van der Waals surface area contributed by atoms with Gasteiger partial charge in [-0.3, -0.25) is 19.2 Å². The van der Waals surface area contributed by atoms with Crippen molar-refractivity contribution < 1.29 is 34.5 Å². The molecule has 3 saturated carbocycles. The van der Waals surface area contributed by atoms with Gasteiger partial charge in [0, 0.05) is 37.3 Å². The Morgan fingerprint density at radius 2 is 1.88 bits per heavy atom. The van der Waals surface area contributed by atoms with Crippen molar-refractivity contribution in [2.45, 2.75) is 109 Å². The van der Waals surface area contributed by atoms with E-state index in [9.17, 15) is 34.5 Å². The molecule has 0 spiro atoms. The van der Waals surface area contributed by atoms with E-state index >= 15 is 0 Å². The lowest BCUT2D eigenvalue weighted by Gasteiger charge is -2.60. The predicted octanol–water partition coefficient (Wildman–Crippen LogP) is 2.80. The van der Waals surface area contributed by atoms with Gasteiger partial charge >= 0.3 is 0 Å². The molecule has 1 saturated heterocycles. The molecule has 0 aromatic carbocycles. The van der Waals surface area contributed by atoms with Crippen LogP contribution >= 0.6 is 0 Å². The van der Waals surface area contributed by atoms with E-state index in [-0.39, 0.29) is 54.1 Å². The number of allylic oxidation sites excluding steroid dienone is 2. The zero-order chi connectivity index (χ0) is 28.9. The summed E-state index contributed by atoms with van der Waals surface area (Å²) >= 11 is 0. The van der Waals surface area contributed by atoms with Gasteiger partial charge in [0.1, 0.15) is 17.4 Å². The summed E-state index contributed by atoms with van der Waals surface area (Å²) in [7, 11) is 0. The minimum atomic E-state index is -1.65. The first kappa shape index (κ1) is 29.0. The Bertz CT molecular complexity index is 1150. The van der Waals surface area contributed by atoms with Gasteiger partial charge in [0.25, 0.3) is 0 Å². The van der Waals surface area contributed by atoms with Crippen molar-refractivity contribution in [2.75, 3.05) is 6.54 Å². The molecular formula is C31H44N2O7. The van der Waals surface area contributed by atoms with Crippen LogP contribution in [0.3, 0.4) is 0 Å². The molecule has 0 bridgehead atoms. The van der Waals surface area contributed by atoms with Crippen LogP contribution in [0.1, 0.15) is 90.9 Å². The van der Waals surface area contributed by atoms with Gasteiger partial charge in [0.05, 0.1) is 6.10 Å². The molecule has 5 rings (SSSR count). The summed E-state index contributed by atoms with van der Waals surface area (Å²) < 4.78 is 0. The number of aliphatic hydroxyl groups is 3. The molecule has 0 aromatic heterocycles. The number of carbonyl (C=O) groups excluding carboxylic acids is 4. The van der Waals surface area contributed by atoms with E-state index in [1.165, 1.54) is 0 Å². The quantitative estimate of drug-likeness (QED) is 0.249. The van der Waals surface area contributed by atoms with Crippen molar-refractivity contribution in [3.63, 3.8) is 0 Å². The maximum absolute atomic E-state index is 12.8. The summed E-state index contributed by atoms with van der Waals surface area (Å²) in [6.45, 7) is 4.68. The second kappa shape index (κ2) is 10.7. The Labute approximate surface area is 235 Å². The molecule has 0 aromatic rings. The maximum atomic E-state index is 12.8. The molecule has 1 aliphatic heterocycles. The fourth-order valence-electron chi connectivity index (χ4n) is 9.04. The monoisotopic (exact) mass is 556 g/mol. The van der Waals surface area contributed by atoms with E-state index in [1.807, 2.05) is 6.92 Å². The first-order chi connectivity index (χ1) is 18.9. The fourth-order valence-corrected chi connectivity index (χ4v) is 9.04. The zero-order valence-corrected chi connectivity index (χ0v) is 23.7. The average Bonchev–Trinajstić information content (AvgIpc) is 3.02.